The molecule has 17 N–H and O–H groups in total. The fraction of sp³-hybridized carbons (Fsp3) is 0.722. The molecule has 33 heavy (non-hydrogen) atoms. The molecule has 0 aromatic rings. The molecule has 194 valence electrons. The average molecular weight is 480 g/mol. The van der Waals surface area contributed by atoms with Gasteiger partial charge in [-0.2, -0.15) is 0 Å². The normalized spacial score (nSPS) is 12.5. The summed E-state index contributed by atoms with van der Waals surface area (Å²) < 4.78 is 0. The van der Waals surface area contributed by atoms with Gasteiger partial charge in [0, 0.05) is 13.1 Å². The van der Waals surface area contributed by atoms with Gasteiger partial charge in [-0.3, -0.25) is 24.4 Å². The number of nitrogens with zero attached hydrogens (tertiary/aromatic N) is 2. The van der Waals surface area contributed by atoms with Crippen LogP contribution in [0.15, 0.2) is 9.98 Å². The molecule has 0 aliphatic rings. The Morgan fingerprint density at radius 1 is 0.667 bits per heavy atom. The van der Waals surface area contributed by atoms with Crippen molar-refractivity contribution in [3.63, 3.8) is 0 Å². The summed E-state index contributed by atoms with van der Waals surface area (Å²) in [4.78, 5) is 37.9. The zero-order valence-electron chi connectivity index (χ0n) is 19.3. The molecule has 3 atom stereocenters. The van der Waals surface area contributed by atoms with Crippen molar-refractivity contribution in [2.75, 3.05) is 13.1 Å². The summed E-state index contributed by atoms with van der Waals surface area (Å²) in [5, 5.41) is 25.1. The molecule has 0 amide bonds. The predicted octanol–water partition coefficient (Wildman–Crippen LogP) is -2.65. The summed E-state index contributed by atoms with van der Waals surface area (Å²) in [5.74, 6) is -2.53. The van der Waals surface area contributed by atoms with E-state index >= 15 is 0 Å². The van der Waals surface area contributed by atoms with Crippen LogP contribution in [0.5, 0.6) is 0 Å². The van der Waals surface area contributed by atoms with E-state index in [2.05, 4.69) is 9.98 Å². The van der Waals surface area contributed by atoms with Gasteiger partial charge in [0.25, 0.3) is 0 Å². The van der Waals surface area contributed by atoms with Crippen LogP contribution in [-0.2, 0) is 14.4 Å². The maximum atomic E-state index is 10.2. The summed E-state index contributed by atoms with van der Waals surface area (Å²) in [6.45, 7) is 4.73. The van der Waals surface area contributed by atoms with E-state index in [1.54, 1.807) is 0 Å². The number of rotatable bonds is 13. The minimum Gasteiger partial charge on any atom is -0.480 e. The molecule has 3 unspecified atom stereocenters. The second-order valence-corrected chi connectivity index (χ2v) is 7.36. The lowest BCUT2D eigenvalue weighted by Crippen LogP contribution is -2.31. The molecule has 0 saturated heterocycles. The van der Waals surface area contributed by atoms with E-state index in [4.69, 9.17) is 55.5 Å². The Bertz CT molecular complexity index is 581. The van der Waals surface area contributed by atoms with Gasteiger partial charge in [-0.25, -0.2) is 0 Å². The number of guanidine groups is 2. The van der Waals surface area contributed by atoms with Gasteiger partial charge in [-0.15, -0.1) is 0 Å². The highest BCUT2D eigenvalue weighted by molar-refractivity contribution is 5.76. The quantitative estimate of drug-likeness (QED) is 0.0733. The molecule has 0 aliphatic carbocycles. The number of carbonyl (C=O) groups is 3. The first-order valence-corrected chi connectivity index (χ1v) is 10.2. The van der Waals surface area contributed by atoms with Crippen LogP contribution < -0.4 is 40.1 Å². The SMILES string of the molecule is CC(C)CC(N)C(=O)O.NC(N)=NCCCC(N)C(=O)O.NC(N)=NCCCC(N)C(=O)O. The van der Waals surface area contributed by atoms with Crippen LogP contribution in [0.25, 0.3) is 0 Å². The van der Waals surface area contributed by atoms with Crippen LogP contribution in [0.1, 0.15) is 46.0 Å². The van der Waals surface area contributed by atoms with Gasteiger partial charge < -0.3 is 55.5 Å². The van der Waals surface area contributed by atoms with Gasteiger partial charge >= 0.3 is 17.9 Å². The molecule has 0 aliphatic heterocycles. The van der Waals surface area contributed by atoms with E-state index < -0.39 is 36.0 Å². The summed E-state index contributed by atoms with van der Waals surface area (Å²) in [6, 6.07) is -2.33. The number of carboxylic acid groups (broad SMARTS) is 3. The first-order valence-electron chi connectivity index (χ1n) is 10.2. The molecule has 0 spiro atoms. The fourth-order valence-corrected chi connectivity index (χ4v) is 1.89. The van der Waals surface area contributed by atoms with Gasteiger partial charge in [0.05, 0.1) is 0 Å². The topological polar surface area (TPSA) is 319 Å². The molecule has 0 rings (SSSR count). The van der Waals surface area contributed by atoms with Crippen LogP contribution in [-0.4, -0.2) is 76.4 Å². The standard InChI is InChI=1S/2C6H14N4O2.C6H13NO2/c2*7-4(5(11)12)2-1-3-10-6(8)9;1-4(2)3-5(7)6(8)9/h2*4H,1-3,7H2,(H,11,12)(H4,8,9,10);4-5H,3,7H2,1-2H3,(H,8,9). The van der Waals surface area contributed by atoms with Crippen molar-refractivity contribution in [3.05, 3.63) is 0 Å². The lowest BCUT2D eigenvalue weighted by Gasteiger charge is -2.07. The molecule has 0 fully saturated rings. The smallest absolute Gasteiger partial charge is 0.320 e. The third-order valence-corrected chi connectivity index (χ3v) is 3.61. The Morgan fingerprint density at radius 2 is 0.970 bits per heavy atom. The van der Waals surface area contributed by atoms with E-state index in [0.717, 1.165) is 0 Å². The largest absolute Gasteiger partial charge is 0.480 e. The monoisotopic (exact) mass is 479 g/mol. The minimum atomic E-state index is -1.00. The van der Waals surface area contributed by atoms with E-state index in [1.807, 2.05) is 13.8 Å². The lowest BCUT2D eigenvalue weighted by molar-refractivity contribution is -0.139. The number of carboxylic acids is 3. The van der Waals surface area contributed by atoms with Gasteiger partial charge in [0.1, 0.15) is 18.1 Å². The van der Waals surface area contributed by atoms with Gasteiger partial charge in [0.15, 0.2) is 11.9 Å². The highest BCUT2D eigenvalue weighted by Gasteiger charge is 2.12. The van der Waals surface area contributed by atoms with Crippen LogP contribution in [0.2, 0.25) is 0 Å². The summed E-state index contributed by atoms with van der Waals surface area (Å²) >= 11 is 0. The molecule has 0 radical (unpaired) electrons. The number of hydrogen-bond acceptors (Lipinski definition) is 8. The molecule has 15 heteroatoms. The Labute approximate surface area is 193 Å². The molecular formula is C18H41N9O6. The Kier molecular flexibility index (Phi) is 21.6. The number of aliphatic carboxylic acids is 3. The number of nitrogens with two attached hydrogens (primary N) is 7. The Hall–Kier alpha value is -3.17. The van der Waals surface area contributed by atoms with Crippen molar-refractivity contribution < 1.29 is 29.7 Å². The third kappa shape index (κ3) is 28.8. The summed E-state index contributed by atoms with van der Waals surface area (Å²) in [5.41, 5.74) is 35.9. The van der Waals surface area contributed by atoms with Crippen molar-refractivity contribution in [3.8, 4) is 0 Å². The second kappa shape index (κ2) is 20.7. The van der Waals surface area contributed by atoms with Crippen molar-refractivity contribution >= 4 is 29.8 Å². The van der Waals surface area contributed by atoms with Crippen LogP contribution in [0.4, 0.5) is 0 Å². The maximum absolute atomic E-state index is 10.2. The molecule has 0 aromatic heterocycles. The van der Waals surface area contributed by atoms with Crippen LogP contribution >= 0.6 is 0 Å². The molecule has 0 aromatic carbocycles. The van der Waals surface area contributed by atoms with Crippen LogP contribution in [0.3, 0.4) is 0 Å². The van der Waals surface area contributed by atoms with Gasteiger partial charge in [-0.1, -0.05) is 13.8 Å². The zero-order chi connectivity index (χ0) is 26.6. The Balaban J connectivity index is -0.000000414. The van der Waals surface area contributed by atoms with Gasteiger partial charge in [0.2, 0.25) is 0 Å². The average Bonchev–Trinajstić information content (AvgIpc) is 2.68. The number of aliphatic imine (C=N–C) groups is 2. The fourth-order valence-electron chi connectivity index (χ4n) is 1.89. The van der Waals surface area contributed by atoms with E-state index in [-0.39, 0.29) is 11.9 Å². The van der Waals surface area contributed by atoms with E-state index in [0.29, 0.717) is 51.1 Å². The molecule has 0 saturated carbocycles. The van der Waals surface area contributed by atoms with E-state index in [9.17, 15) is 14.4 Å². The van der Waals surface area contributed by atoms with Crippen molar-refractivity contribution in [2.45, 2.75) is 64.1 Å². The molecule has 0 heterocycles. The Morgan fingerprint density at radius 3 is 1.15 bits per heavy atom. The molecule has 15 nitrogen and oxygen atoms in total. The summed E-state index contributed by atoms with van der Waals surface area (Å²) in [6.07, 6.45) is 2.46. The second-order valence-electron chi connectivity index (χ2n) is 7.36. The lowest BCUT2D eigenvalue weighted by atomic mass is 10.1. The minimum absolute atomic E-state index is 0.0129. The zero-order valence-corrected chi connectivity index (χ0v) is 19.3. The highest BCUT2D eigenvalue weighted by atomic mass is 16.4. The molecule has 0 bridgehead atoms. The first kappa shape index (κ1) is 34.4. The summed E-state index contributed by atoms with van der Waals surface area (Å²) in [7, 11) is 0. The maximum Gasteiger partial charge on any atom is 0.320 e. The van der Waals surface area contributed by atoms with Crippen LogP contribution in [0, 0.1) is 5.92 Å². The highest BCUT2D eigenvalue weighted by Crippen LogP contribution is 2.01. The number of hydrogen-bond donors (Lipinski definition) is 10. The van der Waals surface area contributed by atoms with Crippen molar-refractivity contribution in [1.29, 1.82) is 0 Å². The van der Waals surface area contributed by atoms with E-state index in [1.165, 1.54) is 0 Å². The van der Waals surface area contributed by atoms with Gasteiger partial charge in [-0.05, 0) is 38.0 Å². The molecular weight excluding hydrogens is 438 g/mol. The predicted molar refractivity (Wildman–Crippen MR) is 126 cm³/mol. The van der Waals surface area contributed by atoms with Crippen molar-refractivity contribution in [1.82, 2.24) is 0 Å². The first-order chi connectivity index (χ1) is 15.1. The van der Waals surface area contributed by atoms with Crippen molar-refractivity contribution in [2.24, 2.45) is 56.0 Å². The third-order valence-electron chi connectivity index (χ3n) is 3.61.